The van der Waals surface area contributed by atoms with E-state index in [1.807, 2.05) is 6.92 Å². The van der Waals surface area contributed by atoms with Gasteiger partial charge in [0.2, 0.25) is 5.89 Å². The zero-order valence-corrected chi connectivity index (χ0v) is 20.5. The summed E-state index contributed by atoms with van der Waals surface area (Å²) in [5.74, 6) is 1.39. The molecule has 3 aromatic rings. The lowest BCUT2D eigenvalue weighted by Crippen LogP contribution is -2.38. The first-order chi connectivity index (χ1) is 14.0. The molecule has 0 fully saturated rings. The van der Waals surface area contributed by atoms with Crippen LogP contribution >= 0.6 is 35.3 Å². The summed E-state index contributed by atoms with van der Waals surface area (Å²) in [5, 5.41) is 9.65. The number of halogens is 2. The van der Waals surface area contributed by atoms with E-state index < -0.39 is 0 Å². The molecular weight excluding hydrogens is 516 g/mol. The van der Waals surface area contributed by atoms with E-state index in [-0.39, 0.29) is 29.8 Å². The summed E-state index contributed by atoms with van der Waals surface area (Å²) in [4.78, 5) is 13.7. The topological polar surface area (TPSA) is 75.3 Å². The number of nitrogens with one attached hydrogen (secondary N) is 2. The highest BCUT2D eigenvalue weighted by Gasteiger charge is 2.08. The third-order valence-electron chi connectivity index (χ3n) is 4.19. The highest BCUT2D eigenvalue weighted by atomic mass is 127. The van der Waals surface area contributed by atoms with Gasteiger partial charge in [-0.05, 0) is 37.1 Å². The quantitative estimate of drug-likeness (QED) is 0.238. The van der Waals surface area contributed by atoms with Crippen molar-refractivity contribution < 1.29 is 8.81 Å². The van der Waals surface area contributed by atoms with Crippen LogP contribution in [-0.2, 0) is 13.0 Å². The summed E-state index contributed by atoms with van der Waals surface area (Å²) >= 11 is 1.64. The largest absolute Gasteiger partial charge is 0.444 e. The molecule has 0 amide bonds. The van der Waals surface area contributed by atoms with Crippen molar-refractivity contribution in [3.63, 3.8) is 0 Å². The van der Waals surface area contributed by atoms with Gasteiger partial charge >= 0.3 is 0 Å². The normalized spacial score (nSPS) is 11.4. The molecule has 3 rings (SSSR count). The van der Waals surface area contributed by atoms with E-state index >= 15 is 0 Å². The number of aliphatic imine (C=N–C) groups is 1. The summed E-state index contributed by atoms with van der Waals surface area (Å²) in [7, 11) is 0. The predicted octanol–water partition coefficient (Wildman–Crippen LogP) is 4.98. The first-order valence-corrected chi connectivity index (χ1v) is 10.6. The zero-order valence-electron chi connectivity index (χ0n) is 17.3. The fourth-order valence-electron chi connectivity index (χ4n) is 2.61. The van der Waals surface area contributed by atoms with E-state index in [2.05, 4.69) is 44.8 Å². The molecule has 0 atom stereocenters. The maximum atomic E-state index is 13.0. The number of nitrogens with zero attached hydrogens (tertiary/aromatic N) is 3. The molecule has 0 aliphatic rings. The minimum atomic E-state index is -0.279. The number of guanidine groups is 1. The number of aromatic nitrogens is 2. The summed E-state index contributed by atoms with van der Waals surface area (Å²) in [6.45, 7) is 8.30. The van der Waals surface area contributed by atoms with Gasteiger partial charge in [-0.15, -0.1) is 35.3 Å². The Morgan fingerprint density at radius 1 is 1.20 bits per heavy atom. The number of hydrogen-bond acceptors (Lipinski definition) is 5. The zero-order chi connectivity index (χ0) is 20.6. The molecule has 0 bridgehead atoms. The molecule has 30 heavy (non-hydrogen) atoms. The van der Waals surface area contributed by atoms with Crippen LogP contribution in [-0.4, -0.2) is 29.0 Å². The van der Waals surface area contributed by atoms with Crippen molar-refractivity contribution in [2.75, 3.05) is 13.1 Å². The van der Waals surface area contributed by atoms with Crippen molar-refractivity contribution in [3.05, 3.63) is 58.1 Å². The van der Waals surface area contributed by atoms with Crippen molar-refractivity contribution in [1.29, 1.82) is 0 Å². The van der Waals surface area contributed by atoms with Gasteiger partial charge in [0, 0.05) is 30.5 Å². The molecule has 0 spiro atoms. The molecule has 2 heterocycles. The standard InChI is InChI=1S/C21H26FN5OS.HI/c1-4-23-21(25-11-19-27-18(13-29-19)14(2)3)24-10-9-17-12-28-20(26-17)15-5-7-16(22)8-6-15;/h5-8,12-14H,4,9-11H2,1-3H3,(H2,23,24,25);1H. The van der Waals surface area contributed by atoms with Crippen LogP contribution in [0, 0.1) is 5.82 Å². The van der Waals surface area contributed by atoms with Crippen molar-refractivity contribution in [2.24, 2.45) is 4.99 Å². The lowest BCUT2D eigenvalue weighted by Gasteiger charge is -2.10. The number of hydrogen-bond donors (Lipinski definition) is 2. The average Bonchev–Trinajstić information content (AvgIpc) is 3.36. The summed E-state index contributed by atoms with van der Waals surface area (Å²) in [5.41, 5.74) is 2.69. The van der Waals surface area contributed by atoms with E-state index in [1.54, 1.807) is 29.7 Å². The summed E-state index contributed by atoms with van der Waals surface area (Å²) in [6.07, 6.45) is 2.32. The third-order valence-corrected chi connectivity index (χ3v) is 5.05. The lowest BCUT2D eigenvalue weighted by atomic mass is 10.2. The minimum absolute atomic E-state index is 0. The van der Waals surface area contributed by atoms with Crippen LogP contribution in [0.5, 0.6) is 0 Å². The first kappa shape index (κ1) is 24.3. The van der Waals surface area contributed by atoms with Gasteiger partial charge < -0.3 is 15.1 Å². The second kappa shape index (κ2) is 12.0. The van der Waals surface area contributed by atoms with E-state index in [0.717, 1.165) is 34.5 Å². The van der Waals surface area contributed by atoms with Crippen LogP contribution < -0.4 is 10.6 Å². The summed E-state index contributed by atoms with van der Waals surface area (Å²) in [6, 6.07) is 6.10. The highest BCUT2D eigenvalue weighted by Crippen LogP contribution is 2.19. The van der Waals surface area contributed by atoms with Crippen LogP contribution in [0.15, 0.2) is 45.3 Å². The molecule has 162 valence electrons. The molecule has 0 aliphatic carbocycles. The smallest absolute Gasteiger partial charge is 0.226 e. The van der Waals surface area contributed by atoms with Gasteiger partial charge in [0.25, 0.3) is 0 Å². The van der Waals surface area contributed by atoms with Gasteiger partial charge in [-0.3, -0.25) is 0 Å². The molecule has 2 aromatic heterocycles. The number of rotatable bonds is 8. The van der Waals surface area contributed by atoms with Crippen LogP contribution in [0.1, 0.15) is 43.1 Å². The maximum Gasteiger partial charge on any atom is 0.226 e. The molecule has 1 aromatic carbocycles. The molecule has 0 saturated carbocycles. The monoisotopic (exact) mass is 543 g/mol. The second-order valence-electron chi connectivity index (χ2n) is 6.84. The van der Waals surface area contributed by atoms with E-state index in [4.69, 9.17) is 4.42 Å². The third kappa shape index (κ3) is 7.05. The Kier molecular flexibility index (Phi) is 9.70. The maximum absolute atomic E-state index is 13.0. The average molecular weight is 543 g/mol. The Hall–Kier alpha value is -2.01. The Bertz CT molecular complexity index is 939. The molecule has 6 nitrogen and oxygen atoms in total. The molecule has 0 aliphatic heterocycles. The van der Waals surface area contributed by atoms with Crippen LogP contribution in [0.2, 0.25) is 0 Å². The predicted molar refractivity (Wildman–Crippen MR) is 130 cm³/mol. The Labute approximate surface area is 197 Å². The summed E-state index contributed by atoms with van der Waals surface area (Å²) < 4.78 is 18.5. The van der Waals surface area contributed by atoms with Crippen LogP contribution in [0.25, 0.3) is 11.5 Å². The Morgan fingerprint density at radius 2 is 1.97 bits per heavy atom. The highest BCUT2D eigenvalue weighted by molar-refractivity contribution is 14.0. The SMILES string of the molecule is CCNC(=NCc1nc(C(C)C)cs1)NCCc1coc(-c2ccc(F)cc2)n1.I. The molecular formula is C21H27FIN5OS. The van der Waals surface area contributed by atoms with Crippen LogP contribution in [0.4, 0.5) is 4.39 Å². The Balaban J connectivity index is 0.00000320. The van der Waals surface area contributed by atoms with E-state index in [9.17, 15) is 4.39 Å². The van der Waals surface area contributed by atoms with Gasteiger partial charge in [0.1, 0.15) is 17.1 Å². The molecule has 9 heteroatoms. The van der Waals surface area contributed by atoms with Gasteiger partial charge in [-0.25, -0.2) is 19.4 Å². The molecule has 2 N–H and O–H groups in total. The molecule has 0 radical (unpaired) electrons. The van der Waals surface area contributed by atoms with Crippen molar-refractivity contribution >= 4 is 41.3 Å². The van der Waals surface area contributed by atoms with Crippen molar-refractivity contribution in [2.45, 2.75) is 39.7 Å². The Morgan fingerprint density at radius 3 is 2.63 bits per heavy atom. The van der Waals surface area contributed by atoms with Crippen LogP contribution in [0.3, 0.4) is 0 Å². The first-order valence-electron chi connectivity index (χ1n) is 9.72. The van der Waals surface area contributed by atoms with Crippen molar-refractivity contribution in [3.8, 4) is 11.5 Å². The second-order valence-corrected chi connectivity index (χ2v) is 7.79. The molecule has 0 saturated heterocycles. The number of oxazole rings is 1. The number of benzene rings is 1. The lowest BCUT2D eigenvalue weighted by molar-refractivity contribution is 0.571. The van der Waals surface area contributed by atoms with Gasteiger partial charge in [-0.2, -0.15) is 0 Å². The van der Waals surface area contributed by atoms with E-state index in [0.29, 0.717) is 31.3 Å². The van der Waals surface area contributed by atoms with Gasteiger partial charge in [0.05, 0.1) is 17.9 Å². The van der Waals surface area contributed by atoms with Gasteiger partial charge in [0.15, 0.2) is 5.96 Å². The minimum Gasteiger partial charge on any atom is -0.444 e. The fourth-order valence-corrected chi connectivity index (χ4v) is 3.49. The van der Waals surface area contributed by atoms with Crippen molar-refractivity contribution in [1.82, 2.24) is 20.6 Å². The fraction of sp³-hybridized carbons (Fsp3) is 0.381. The number of thiazole rings is 1. The van der Waals surface area contributed by atoms with Gasteiger partial charge in [-0.1, -0.05) is 13.8 Å². The molecule has 0 unspecified atom stereocenters. The van der Waals surface area contributed by atoms with E-state index in [1.165, 1.54) is 12.1 Å².